The van der Waals surface area contributed by atoms with E-state index in [0.29, 0.717) is 5.56 Å². The fraction of sp³-hybridized carbons (Fsp3) is 0.417. The molecule has 6 heteroatoms. The highest BCUT2D eigenvalue weighted by Crippen LogP contribution is 2.17. The van der Waals surface area contributed by atoms with E-state index in [0.717, 1.165) is 31.9 Å². The fourth-order valence-corrected chi connectivity index (χ4v) is 1.87. The molecule has 1 fully saturated rings. The Morgan fingerprint density at radius 3 is 2.56 bits per heavy atom. The van der Waals surface area contributed by atoms with Crippen LogP contribution in [-0.4, -0.2) is 39.3 Å². The van der Waals surface area contributed by atoms with E-state index in [-0.39, 0.29) is 30.8 Å². The summed E-state index contributed by atoms with van der Waals surface area (Å²) in [6.45, 7) is 3.93. The van der Waals surface area contributed by atoms with Crippen LogP contribution in [0.4, 0.5) is 5.69 Å². The Morgan fingerprint density at radius 1 is 1.28 bits per heavy atom. The smallest absolute Gasteiger partial charge is 0.337 e. The molecule has 0 radical (unpaired) electrons. The van der Waals surface area contributed by atoms with Gasteiger partial charge in [0.2, 0.25) is 0 Å². The van der Waals surface area contributed by atoms with Gasteiger partial charge in [0.25, 0.3) is 0 Å². The number of carbonyl (C=O) groups excluding carboxylic acids is 1. The molecule has 1 aliphatic rings. The van der Waals surface area contributed by atoms with E-state index >= 15 is 0 Å². The van der Waals surface area contributed by atoms with Gasteiger partial charge in [-0.05, 0) is 18.2 Å². The van der Waals surface area contributed by atoms with Crippen LogP contribution >= 0.6 is 24.8 Å². The molecule has 1 saturated heterocycles. The summed E-state index contributed by atoms with van der Waals surface area (Å²) in [5.41, 5.74) is 1.70. The molecule has 0 aromatic heterocycles. The monoisotopic (exact) mass is 292 g/mol. The van der Waals surface area contributed by atoms with E-state index in [2.05, 4.69) is 10.2 Å². The van der Waals surface area contributed by atoms with Gasteiger partial charge in [-0.3, -0.25) is 0 Å². The van der Waals surface area contributed by atoms with Crippen molar-refractivity contribution in [1.82, 2.24) is 5.32 Å². The molecule has 4 nitrogen and oxygen atoms in total. The Kier molecular flexibility index (Phi) is 7.75. The maximum atomic E-state index is 11.4. The first-order valence-electron chi connectivity index (χ1n) is 5.45. The van der Waals surface area contributed by atoms with Crippen LogP contribution in [-0.2, 0) is 4.74 Å². The van der Waals surface area contributed by atoms with Crippen molar-refractivity contribution in [3.63, 3.8) is 0 Å². The highest BCUT2D eigenvalue weighted by atomic mass is 35.5. The number of nitrogens with one attached hydrogen (secondary N) is 1. The quantitative estimate of drug-likeness (QED) is 0.843. The average molecular weight is 293 g/mol. The first kappa shape index (κ1) is 17.0. The largest absolute Gasteiger partial charge is 0.465 e. The number of ether oxygens (including phenoxy) is 1. The molecule has 18 heavy (non-hydrogen) atoms. The van der Waals surface area contributed by atoms with E-state index < -0.39 is 0 Å². The third-order valence-electron chi connectivity index (χ3n) is 2.75. The summed E-state index contributed by atoms with van der Waals surface area (Å²) in [5.74, 6) is -0.281. The van der Waals surface area contributed by atoms with Crippen LogP contribution < -0.4 is 10.2 Å². The van der Waals surface area contributed by atoms with Gasteiger partial charge in [0, 0.05) is 31.9 Å². The lowest BCUT2D eigenvalue weighted by molar-refractivity contribution is 0.0601. The molecule has 1 aromatic carbocycles. The maximum Gasteiger partial charge on any atom is 0.337 e. The average Bonchev–Trinajstić information content (AvgIpc) is 2.39. The molecule has 0 unspecified atom stereocenters. The number of esters is 1. The van der Waals surface area contributed by atoms with Crippen LogP contribution in [0.1, 0.15) is 10.4 Å². The highest BCUT2D eigenvalue weighted by Gasteiger charge is 2.12. The van der Waals surface area contributed by atoms with Gasteiger partial charge in [-0.25, -0.2) is 4.79 Å². The maximum absolute atomic E-state index is 11.4. The fourth-order valence-electron chi connectivity index (χ4n) is 1.87. The molecule has 2 rings (SSSR count). The van der Waals surface area contributed by atoms with Gasteiger partial charge in [0.15, 0.2) is 0 Å². The number of hydrogen-bond acceptors (Lipinski definition) is 4. The van der Waals surface area contributed by atoms with Crippen LogP contribution in [0.2, 0.25) is 0 Å². The first-order valence-corrected chi connectivity index (χ1v) is 5.45. The van der Waals surface area contributed by atoms with Crippen LogP contribution in [0.3, 0.4) is 0 Å². The Hall–Kier alpha value is -0.970. The third kappa shape index (κ3) is 4.05. The van der Waals surface area contributed by atoms with Crippen molar-refractivity contribution in [2.24, 2.45) is 0 Å². The summed E-state index contributed by atoms with van der Waals surface area (Å²) in [6, 6.07) is 7.58. The predicted octanol–water partition coefficient (Wildman–Crippen LogP) is 1.73. The van der Waals surface area contributed by atoms with E-state index in [1.54, 1.807) is 6.07 Å². The van der Waals surface area contributed by atoms with E-state index in [1.165, 1.54) is 7.11 Å². The Morgan fingerprint density at radius 2 is 1.94 bits per heavy atom. The molecule has 102 valence electrons. The predicted molar refractivity (Wildman–Crippen MR) is 77.4 cm³/mol. The SMILES string of the molecule is COC(=O)c1cccc(N2CCNCC2)c1.Cl.Cl. The number of rotatable bonds is 2. The molecule has 1 aliphatic heterocycles. The highest BCUT2D eigenvalue weighted by molar-refractivity contribution is 5.90. The van der Waals surface area contributed by atoms with Crippen molar-refractivity contribution in [1.29, 1.82) is 0 Å². The van der Waals surface area contributed by atoms with Crippen molar-refractivity contribution in [2.45, 2.75) is 0 Å². The minimum atomic E-state index is -0.281. The van der Waals surface area contributed by atoms with Crippen molar-refractivity contribution in [2.75, 3.05) is 38.2 Å². The zero-order valence-electron chi connectivity index (χ0n) is 10.2. The van der Waals surface area contributed by atoms with Crippen LogP contribution in [0.5, 0.6) is 0 Å². The number of nitrogens with zero attached hydrogens (tertiary/aromatic N) is 1. The summed E-state index contributed by atoms with van der Waals surface area (Å²) < 4.78 is 4.71. The second-order valence-corrected chi connectivity index (χ2v) is 3.78. The number of benzene rings is 1. The number of hydrogen-bond donors (Lipinski definition) is 1. The number of halogens is 2. The minimum Gasteiger partial charge on any atom is -0.465 e. The number of methoxy groups -OCH3 is 1. The summed E-state index contributed by atoms with van der Waals surface area (Å²) in [7, 11) is 1.40. The Bertz CT molecular complexity index is 382. The van der Waals surface area contributed by atoms with Gasteiger partial charge in [-0.15, -0.1) is 24.8 Å². The number of carbonyl (C=O) groups is 1. The van der Waals surface area contributed by atoms with Crippen LogP contribution in [0.25, 0.3) is 0 Å². The van der Waals surface area contributed by atoms with E-state index in [4.69, 9.17) is 4.74 Å². The molecule has 0 amide bonds. The van der Waals surface area contributed by atoms with Gasteiger partial charge in [-0.1, -0.05) is 6.07 Å². The van der Waals surface area contributed by atoms with E-state index in [9.17, 15) is 4.79 Å². The number of anilines is 1. The molecular weight excluding hydrogens is 275 g/mol. The summed E-state index contributed by atoms with van der Waals surface area (Å²) >= 11 is 0. The lowest BCUT2D eigenvalue weighted by Gasteiger charge is -2.29. The lowest BCUT2D eigenvalue weighted by Crippen LogP contribution is -2.43. The molecule has 1 heterocycles. The second-order valence-electron chi connectivity index (χ2n) is 3.78. The summed E-state index contributed by atoms with van der Waals surface area (Å²) in [4.78, 5) is 13.7. The Labute approximate surface area is 120 Å². The molecule has 0 atom stereocenters. The summed E-state index contributed by atoms with van der Waals surface area (Å²) in [5, 5.41) is 3.30. The van der Waals surface area contributed by atoms with Crippen molar-refractivity contribution in [3.8, 4) is 0 Å². The molecule has 0 bridgehead atoms. The number of piperazine rings is 1. The van der Waals surface area contributed by atoms with Crippen molar-refractivity contribution >= 4 is 36.5 Å². The standard InChI is InChI=1S/C12H16N2O2.2ClH/c1-16-12(15)10-3-2-4-11(9-10)14-7-5-13-6-8-14;;/h2-4,9,13H,5-8H2,1H3;2*1H. The molecule has 1 aromatic rings. The zero-order chi connectivity index (χ0) is 11.4. The molecule has 0 spiro atoms. The molecule has 0 aliphatic carbocycles. The summed E-state index contributed by atoms with van der Waals surface area (Å²) in [6.07, 6.45) is 0. The lowest BCUT2D eigenvalue weighted by atomic mass is 10.2. The van der Waals surface area contributed by atoms with Crippen molar-refractivity contribution < 1.29 is 9.53 Å². The Balaban J connectivity index is 0.00000144. The normalized spacial score (nSPS) is 14.2. The van der Waals surface area contributed by atoms with Gasteiger partial charge < -0.3 is 15.0 Å². The zero-order valence-corrected chi connectivity index (χ0v) is 11.9. The molecular formula is C12H18Cl2N2O2. The topological polar surface area (TPSA) is 41.6 Å². The first-order chi connectivity index (χ1) is 7.81. The van der Waals surface area contributed by atoms with Gasteiger partial charge in [0.1, 0.15) is 0 Å². The second kappa shape index (κ2) is 8.19. The minimum absolute atomic E-state index is 0. The van der Waals surface area contributed by atoms with E-state index in [1.807, 2.05) is 18.2 Å². The van der Waals surface area contributed by atoms with Crippen LogP contribution in [0, 0.1) is 0 Å². The molecule has 1 N–H and O–H groups in total. The van der Waals surface area contributed by atoms with Gasteiger partial charge >= 0.3 is 5.97 Å². The van der Waals surface area contributed by atoms with Gasteiger partial charge in [-0.2, -0.15) is 0 Å². The van der Waals surface area contributed by atoms with Crippen molar-refractivity contribution in [3.05, 3.63) is 29.8 Å². The molecule has 0 saturated carbocycles. The third-order valence-corrected chi connectivity index (χ3v) is 2.75. The van der Waals surface area contributed by atoms with Gasteiger partial charge in [0.05, 0.1) is 12.7 Å². The van der Waals surface area contributed by atoms with Crippen LogP contribution in [0.15, 0.2) is 24.3 Å².